The number of aryl methyl sites for hydroxylation is 1. The van der Waals surface area contributed by atoms with E-state index in [9.17, 15) is 5.11 Å². The molecule has 0 amide bonds. The third kappa shape index (κ3) is 2.57. The van der Waals surface area contributed by atoms with Crippen LogP contribution in [0.5, 0.6) is 0 Å². The molecule has 2 aromatic carbocycles. The van der Waals surface area contributed by atoms with E-state index in [0.29, 0.717) is 15.6 Å². The van der Waals surface area contributed by atoms with Gasteiger partial charge in [-0.2, -0.15) is 0 Å². The van der Waals surface area contributed by atoms with E-state index >= 15 is 0 Å². The van der Waals surface area contributed by atoms with Gasteiger partial charge in [-0.15, -0.1) is 0 Å². The zero-order valence-electron chi connectivity index (χ0n) is 9.62. The van der Waals surface area contributed by atoms with Crippen LogP contribution >= 0.6 is 39.1 Å². The molecule has 1 unspecified atom stereocenters. The van der Waals surface area contributed by atoms with Crippen molar-refractivity contribution < 1.29 is 5.11 Å². The lowest BCUT2D eigenvalue weighted by Gasteiger charge is -2.16. The molecule has 1 atom stereocenters. The van der Waals surface area contributed by atoms with Gasteiger partial charge < -0.3 is 5.11 Å². The highest BCUT2D eigenvalue weighted by atomic mass is 79.9. The van der Waals surface area contributed by atoms with Crippen molar-refractivity contribution in [3.8, 4) is 0 Å². The topological polar surface area (TPSA) is 20.2 Å². The van der Waals surface area contributed by atoms with E-state index in [1.54, 1.807) is 18.2 Å². The number of halogens is 3. The maximum absolute atomic E-state index is 10.4. The van der Waals surface area contributed by atoms with E-state index in [4.69, 9.17) is 23.2 Å². The molecule has 1 nitrogen and oxygen atoms in total. The van der Waals surface area contributed by atoms with Crippen LogP contribution in [0.4, 0.5) is 0 Å². The van der Waals surface area contributed by atoms with E-state index in [-0.39, 0.29) is 0 Å². The summed E-state index contributed by atoms with van der Waals surface area (Å²) in [5.74, 6) is 0. The molecular formula is C14H11BrCl2O. The van der Waals surface area contributed by atoms with Crippen LogP contribution in [0.3, 0.4) is 0 Å². The first kappa shape index (κ1) is 13.9. The molecule has 1 N–H and O–H groups in total. The van der Waals surface area contributed by atoms with Gasteiger partial charge >= 0.3 is 0 Å². The Balaban J connectivity index is 2.51. The van der Waals surface area contributed by atoms with Crippen molar-refractivity contribution in [2.75, 3.05) is 0 Å². The average Bonchev–Trinajstić information content (AvgIpc) is 2.35. The van der Waals surface area contributed by atoms with Crippen LogP contribution in [-0.2, 0) is 0 Å². The Morgan fingerprint density at radius 2 is 1.67 bits per heavy atom. The van der Waals surface area contributed by atoms with Crippen molar-refractivity contribution in [2.45, 2.75) is 13.0 Å². The molecule has 2 rings (SSSR count). The second kappa shape index (κ2) is 5.62. The molecule has 0 aliphatic rings. The van der Waals surface area contributed by atoms with Gasteiger partial charge in [-0.1, -0.05) is 69.5 Å². The van der Waals surface area contributed by atoms with Crippen LogP contribution in [0, 0.1) is 6.92 Å². The zero-order valence-corrected chi connectivity index (χ0v) is 12.7. The minimum absolute atomic E-state index is 0.389. The lowest BCUT2D eigenvalue weighted by atomic mass is 10.00. The molecule has 0 aromatic heterocycles. The van der Waals surface area contributed by atoms with E-state index in [1.165, 1.54) is 0 Å². The average molecular weight is 346 g/mol. The van der Waals surface area contributed by atoms with Crippen LogP contribution in [0.2, 0.25) is 10.0 Å². The SMILES string of the molecule is Cc1cccc(C(O)c2cccc(Cl)c2Cl)c1Br. The molecule has 94 valence electrons. The fourth-order valence-corrected chi connectivity index (χ4v) is 2.67. The first-order chi connectivity index (χ1) is 8.52. The number of hydrogen-bond acceptors (Lipinski definition) is 1. The van der Waals surface area contributed by atoms with Crippen LogP contribution in [-0.4, -0.2) is 5.11 Å². The van der Waals surface area contributed by atoms with Crippen LogP contribution in [0.25, 0.3) is 0 Å². The third-order valence-corrected chi connectivity index (χ3v) is 4.71. The fourth-order valence-electron chi connectivity index (χ4n) is 1.78. The van der Waals surface area contributed by atoms with Crippen molar-refractivity contribution in [1.82, 2.24) is 0 Å². The largest absolute Gasteiger partial charge is 0.384 e. The Bertz CT molecular complexity index is 533. The van der Waals surface area contributed by atoms with Gasteiger partial charge in [0.2, 0.25) is 0 Å². The number of rotatable bonds is 2. The predicted molar refractivity (Wildman–Crippen MR) is 79.4 cm³/mol. The molecule has 18 heavy (non-hydrogen) atoms. The summed E-state index contributed by atoms with van der Waals surface area (Å²) in [6.07, 6.45) is -0.800. The van der Waals surface area contributed by atoms with Gasteiger partial charge in [0.15, 0.2) is 0 Å². The molecule has 0 fully saturated rings. The summed E-state index contributed by atoms with van der Waals surface area (Å²) in [6, 6.07) is 11.0. The second-order valence-electron chi connectivity index (χ2n) is 4.02. The number of aliphatic hydroxyl groups is 1. The molecule has 0 spiro atoms. The smallest absolute Gasteiger partial charge is 0.107 e. The standard InChI is InChI=1S/C14H11BrCl2O/c1-8-4-2-5-9(12(8)15)14(18)10-6-3-7-11(16)13(10)17/h2-7,14,18H,1H3. The van der Waals surface area contributed by atoms with Crippen LogP contribution < -0.4 is 0 Å². The first-order valence-corrected chi connectivity index (χ1v) is 6.94. The zero-order chi connectivity index (χ0) is 13.3. The first-order valence-electron chi connectivity index (χ1n) is 5.39. The molecule has 0 saturated heterocycles. The quantitative estimate of drug-likeness (QED) is 0.798. The number of aliphatic hydroxyl groups excluding tert-OH is 1. The summed E-state index contributed by atoms with van der Waals surface area (Å²) in [4.78, 5) is 0. The van der Waals surface area contributed by atoms with Crippen molar-refractivity contribution in [1.29, 1.82) is 0 Å². The number of hydrogen-bond donors (Lipinski definition) is 1. The minimum Gasteiger partial charge on any atom is -0.384 e. The Labute approximate surface area is 124 Å². The van der Waals surface area contributed by atoms with E-state index in [1.807, 2.05) is 25.1 Å². The van der Waals surface area contributed by atoms with Crippen LogP contribution in [0.1, 0.15) is 22.8 Å². The highest BCUT2D eigenvalue weighted by molar-refractivity contribution is 9.10. The Morgan fingerprint density at radius 1 is 1.06 bits per heavy atom. The summed E-state index contributed by atoms with van der Waals surface area (Å²) in [5, 5.41) is 11.3. The van der Waals surface area contributed by atoms with E-state index in [2.05, 4.69) is 15.9 Å². The minimum atomic E-state index is -0.800. The molecular weight excluding hydrogens is 335 g/mol. The monoisotopic (exact) mass is 344 g/mol. The molecule has 0 radical (unpaired) electrons. The lowest BCUT2D eigenvalue weighted by Crippen LogP contribution is -2.02. The maximum atomic E-state index is 10.4. The molecule has 0 heterocycles. The van der Waals surface area contributed by atoms with E-state index < -0.39 is 6.10 Å². The molecule has 4 heteroatoms. The highest BCUT2D eigenvalue weighted by Crippen LogP contribution is 2.36. The van der Waals surface area contributed by atoms with Crippen molar-refractivity contribution in [3.05, 3.63) is 67.6 Å². The molecule has 0 aliphatic heterocycles. The van der Waals surface area contributed by atoms with Crippen molar-refractivity contribution >= 4 is 39.1 Å². The summed E-state index contributed by atoms with van der Waals surface area (Å²) in [7, 11) is 0. The summed E-state index contributed by atoms with van der Waals surface area (Å²) in [5.41, 5.74) is 2.44. The summed E-state index contributed by atoms with van der Waals surface area (Å²) in [6.45, 7) is 1.97. The van der Waals surface area contributed by atoms with Crippen molar-refractivity contribution in [2.24, 2.45) is 0 Å². The van der Waals surface area contributed by atoms with Gasteiger partial charge in [-0.05, 0) is 24.1 Å². The normalized spacial score (nSPS) is 12.5. The van der Waals surface area contributed by atoms with Crippen molar-refractivity contribution in [3.63, 3.8) is 0 Å². The lowest BCUT2D eigenvalue weighted by molar-refractivity contribution is 0.219. The maximum Gasteiger partial charge on any atom is 0.107 e. The Hall–Kier alpha value is -0.540. The molecule has 0 bridgehead atoms. The third-order valence-electron chi connectivity index (χ3n) is 2.79. The van der Waals surface area contributed by atoms with Gasteiger partial charge in [0.05, 0.1) is 10.0 Å². The van der Waals surface area contributed by atoms with Crippen LogP contribution in [0.15, 0.2) is 40.9 Å². The summed E-state index contributed by atoms with van der Waals surface area (Å²) >= 11 is 15.6. The highest BCUT2D eigenvalue weighted by Gasteiger charge is 2.18. The Kier molecular flexibility index (Phi) is 4.33. The Morgan fingerprint density at radius 3 is 2.39 bits per heavy atom. The summed E-state index contributed by atoms with van der Waals surface area (Å²) < 4.78 is 0.883. The molecule has 2 aromatic rings. The van der Waals surface area contributed by atoms with Gasteiger partial charge in [0.25, 0.3) is 0 Å². The van der Waals surface area contributed by atoms with Gasteiger partial charge in [-0.25, -0.2) is 0 Å². The predicted octanol–water partition coefficient (Wildman–Crippen LogP) is 5.15. The van der Waals surface area contributed by atoms with Gasteiger partial charge in [-0.3, -0.25) is 0 Å². The van der Waals surface area contributed by atoms with Gasteiger partial charge in [0, 0.05) is 10.0 Å². The molecule has 0 saturated carbocycles. The van der Waals surface area contributed by atoms with E-state index in [0.717, 1.165) is 15.6 Å². The molecule has 0 aliphatic carbocycles. The van der Waals surface area contributed by atoms with Gasteiger partial charge in [0.1, 0.15) is 6.10 Å². The number of benzene rings is 2. The second-order valence-corrected chi connectivity index (χ2v) is 5.60. The fraction of sp³-hybridized carbons (Fsp3) is 0.143.